The summed E-state index contributed by atoms with van der Waals surface area (Å²) in [5.74, 6) is 0.341. The molecule has 1 heterocycles. The molecule has 5 nitrogen and oxygen atoms in total. The maximum absolute atomic E-state index is 12.2. The lowest BCUT2D eigenvalue weighted by Crippen LogP contribution is -2.40. The van der Waals surface area contributed by atoms with E-state index in [0.29, 0.717) is 25.9 Å². The van der Waals surface area contributed by atoms with Gasteiger partial charge in [0.2, 0.25) is 5.91 Å². The largest absolute Gasteiger partial charge is 0.497 e. The van der Waals surface area contributed by atoms with Crippen LogP contribution in [0.1, 0.15) is 18.4 Å². The molecule has 1 aromatic carbocycles. The Balaban J connectivity index is 1.83. The van der Waals surface area contributed by atoms with Crippen molar-refractivity contribution in [1.29, 1.82) is 0 Å². The van der Waals surface area contributed by atoms with E-state index in [1.54, 1.807) is 24.2 Å². The number of amides is 1. The number of methoxy groups -OCH3 is 1. The minimum Gasteiger partial charge on any atom is -0.497 e. The predicted octanol–water partition coefficient (Wildman–Crippen LogP) is 2.43. The molecule has 0 aromatic heterocycles. The van der Waals surface area contributed by atoms with Crippen LogP contribution in [0.2, 0.25) is 0 Å². The number of carbonyl (C=O) groups is 2. The second kappa shape index (κ2) is 8.17. The van der Waals surface area contributed by atoms with Crippen LogP contribution in [0.4, 0.5) is 0 Å². The Kier molecular flexibility index (Phi) is 5.97. The molecule has 0 unspecified atom stereocenters. The lowest BCUT2D eigenvalue weighted by molar-refractivity contribution is -0.145. The minimum absolute atomic E-state index is 0.0330. The average Bonchev–Trinajstić information content (AvgIpc) is 2.60. The van der Waals surface area contributed by atoms with Gasteiger partial charge in [0, 0.05) is 38.1 Å². The third-order valence-electron chi connectivity index (χ3n) is 3.74. The van der Waals surface area contributed by atoms with Gasteiger partial charge >= 0.3 is 5.97 Å². The fraction of sp³-hybridized carbons (Fsp3) is 0.333. The molecule has 1 fully saturated rings. The predicted molar refractivity (Wildman–Crippen MR) is 87.9 cm³/mol. The number of piperidine rings is 1. The van der Waals surface area contributed by atoms with Crippen molar-refractivity contribution in [2.45, 2.75) is 18.9 Å². The van der Waals surface area contributed by atoms with Gasteiger partial charge in [-0.15, -0.1) is 0 Å². The van der Waals surface area contributed by atoms with Crippen LogP contribution in [0.15, 0.2) is 43.0 Å². The van der Waals surface area contributed by atoms with Crippen LogP contribution in [-0.2, 0) is 14.3 Å². The van der Waals surface area contributed by atoms with E-state index in [0.717, 1.165) is 17.4 Å². The highest BCUT2D eigenvalue weighted by molar-refractivity contribution is 5.91. The monoisotopic (exact) mass is 315 g/mol. The molecule has 5 heteroatoms. The molecule has 23 heavy (non-hydrogen) atoms. The molecule has 0 saturated carbocycles. The van der Waals surface area contributed by atoms with E-state index in [9.17, 15) is 9.59 Å². The van der Waals surface area contributed by atoms with Gasteiger partial charge in [0.25, 0.3) is 0 Å². The van der Waals surface area contributed by atoms with Gasteiger partial charge in [-0.3, -0.25) is 4.79 Å². The van der Waals surface area contributed by atoms with Crippen LogP contribution in [0, 0.1) is 0 Å². The normalized spacial score (nSPS) is 15.4. The maximum atomic E-state index is 12.2. The van der Waals surface area contributed by atoms with Crippen LogP contribution in [-0.4, -0.2) is 43.1 Å². The van der Waals surface area contributed by atoms with Crippen molar-refractivity contribution in [2.75, 3.05) is 20.2 Å². The zero-order valence-electron chi connectivity index (χ0n) is 13.2. The van der Waals surface area contributed by atoms with Crippen LogP contribution in [0.3, 0.4) is 0 Å². The minimum atomic E-state index is -0.408. The van der Waals surface area contributed by atoms with Crippen LogP contribution < -0.4 is 4.74 Å². The Bertz CT molecular complexity index is 584. The summed E-state index contributed by atoms with van der Waals surface area (Å²) in [4.78, 5) is 25.1. The van der Waals surface area contributed by atoms with E-state index in [4.69, 9.17) is 9.47 Å². The van der Waals surface area contributed by atoms with E-state index < -0.39 is 5.97 Å². The zero-order chi connectivity index (χ0) is 16.7. The van der Waals surface area contributed by atoms with Gasteiger partial charge in [0.15, 0.2) is 0 Å². The SMILES string of the molecule is C=CC(=O)OC1CCN(C(=O)/C=C/c2ccc(OC)cc2)CC1. The van der Waals surface area contributed by atoms with Gasteiger partial charge in [-0.2, -0.15) is 0 Å². The van der Waals surface area contributed by atoms with Crippen LogP contribution in [0.25, 0.3) is 6.08 Å². The Morgan fingerprint density at radius 2 is 1.87 bits per heavy atom. The molecule has 1 aliphatic heterocycles. The number of likely N-dealkylation sites (tertiary alicyclic amines) is 1. The smallest absolute Gasteiger partial charge is 0.330 e. The van der Waals surface area contributed by atoms with E-state index in [1.807, 2.05) is 24.3 Å². The van der Waals surface area contributed by atoms with E-state index in [1.165, 1.54) is 0 Å². The van der Waals surface area contributed by atoms with Crippen molar-refractivity contribution in [2.24, 2.45) is 0 Å². The Morgan fingerprint density at radius 3 is 2.43 bits per heavy atom. The third kappa shape index (κ3) is 4.98. The first-order valence-corrected chi connectivity index (χ1v) is 7.56. The number of benzene rings is 1. The van der Waals surface area contributed by atoms with Gasteiger partial charge in [-0.25, -0.2) is 4.79 Å². The highest BCUT2D eigenvalue weighted by atomic mass is 16.5. The fourth-order valence-corrected chi connectivity index (χ4v) is 2.39. The quantitative estimate of drug-likeness (QED) is 0.618. The molecule has 0 atom stereocenters. The number of hydrogen-bond donors (Lipinski definition) is 0. The standard InChI is InChI=1S/C18H21NO4/c1-3-18(21)23-16-10-12-19(13-11-16)17(20)9-6-14-4-7-15(22-2)8-5-14/h3-9,16H,1,10-13H2,2H3/b9-6+. The third-order valence-corrected chi connectivity index (χ3v) is 3.74. The van der Waals surface area contributed by atoms with Gasteiger partial charge in [-0.1, -0.05) is 18.7 Å². The molecule has 1 aliphatic rings. The highest BCUT2D eigenvalue weighted by Crippen LogP contribution is 2.16. The summed E-state index contributed by atoms with van der Waals surface area (Å²) < 4.78 is 10.3. The zero-order valence-corrected chi connectivity index (χ0v) is 13.2. The average molecular weight is 315 g/mol. The number of nitrogens with zero attached hydrogens (tertiary/aromatic N) is 1. The molecule has 0 N–H and O–H groups in total. The molecular formula is C18H21NO4. The maximum Gasteiger partial charge on any atom is 0.330 e. The van der Waals surface area contributed by atoms with Gasteiger partial charge in [0.1, 0.15) is 11.9 Å². The lowest BCUT2D eigenvalue weighted by atomic mass is 10.1. The van der Waals surface area contributed by atoms with Crippen molar-refractivity contribution >= 4 is 18.0 Å². The summed E-state index contributed by atoms with van der Waals surface area (Å²) in [5.41, 5.74) is 0.939. The summed E-state index contributed by atoms with van der Waals surface area (Å²) >= 11 is 0. The lowest BCUT2D eigenvalue weighted by Gasteiger charge is -2.30. The number of esters is 1. The van der Waals surface area contributed by atoms with E-state index in [-0.39, 0.29) is 12.0 Å². The molecule has 1 amide bonds. The molecule has 0 bridgehead atoms. The Labute approximate surface area is 136 Å². The number of hydrogen-bond acceptors (Lipinski definition) is 4. The van der Waals surface area contributed by atoms with Crippen molar-refractivity contribution in [1.82, 2.24) is 4.90 Å². The molecule has 0 spiro atoms. The van der Waals surface area contributed by atoms with E-state index in [2.05, 4.69) is 6.58 Å². The first-order chi connectivity index (χ1) is 11.1. The number of carbonyl (C=O) groups excluding carboxylic acids is 2. The summed E-state index contributed by atoms with van der Waals surface area (Å²) in [6.45, 7) is 4.55. The summed E-state index contributed by atoms with van der Waals surface area (Å²) in [6, 6.07) is 7.49. The molecule has 2 rings (SSSR count). The van der Waals surface area contributed by atoms with Gasteiger partial charge in [-0.05, 0) is 23.8 Å². The molecule has 0 aliphatic carbocycles. The molecule has 0 radical (unpaired) electrons. The van der Waals surface area contributed by atoms with Gasteiger partial charge in [0.05, 0.1) is 7.11 Å². The molecule has 122 valence electrons. The van der Waals surface area contributed by atoms with Crippen molar-refractivity contribution < 1.29 is 19.1 Å². The Hall–Kier alpha value is -2.56. The van der Waals surface area contributed by atoms with Gasteiger partial charge < -0.3 is 14.4 Å². The topological polar surface area (TPSA) is 55.8 Å². The van der Waals surface area contributed by atoms with Crippen molar-refractivity contribution in [3.8, 4) is 5.75 Å². The fourth-order valence-electron chi connectivity index (χ4n) is 2.39. The highest BCUT2D eigenvalue weighted by Gasteiger charge is 2.23. The summed E-state index contributed by atoms with van der Waals surface area (Å²) in [7, 11) is 1.62. The molecule has 1 aromatic rings. The van der Waals surface area contributed by atoms with Crippen molar-refractivity contribution in [3.63, 3.8) is 0 Å². The molecular weight excluding hydrogens is 294 g/mol. The second-order valence-electron chi connectivity index (χ2n) is 5.27. The van der Waals surface area contributed by atoms with E-state index >= 15 is 0 Å². The summed E-state index contributed by atoms with van der Waals surface area (Å²) in [6.07, 6.45) is 5.69. The Morgan fingerprint density at radius 1 is 1.22 bits per heavy atom. The first kappa shape index (κ1) is 16.8. The summed E-state index contributed by atoms with van der Waals surface area (Å²) in [5, 5.41) is 0. The van der Waals surface area contributed by atoms with Crippen molar-refractivity contribution in [3.05, 3.63) is 48.6 Å². The molecule has 1 saturated heterocycles. The number of rotatable bonds is 5. The second-order valence-corrected chi connectivity index (χ2v) is 5.27. The number of ether oxygens (including phenoxy) is 2. The first-order valence-electron chi connectivity index (χ1n) is 7.56. The van der Waals surface area contributed by atoms with Crippen LogP contribution in [0.5, 0.6) is 5.75 Å². The van der Waals surface area contributed by atoms with Crippen LogP contribution >= 0.6 is 0 Å².